The van der Waals surface area contributed by atoms with Crippen LogP contribution < -0.4 is 0 Å². The van der Waals surface area contributed by atoms with Gasteiger partial charge in [-0.25, -0.2) is 0 Å². The third-order valence-electron chi connectivity index (χ3n) is 4.10. The first-order chi connectivity index (χ1) is 9.65. The molecule has 2 aromatic rings. The summed E-state index contributed by atoms with van der Waals surface area (Å²) in [6.07, 6.45) is 3.75. The zero-order valence-electron chi connectivity index (χ0n) is 11.7. The fraction of sp³-hybridized carbons (Fsp3) is 0.438. The molecule has 0 bridgehead atoms. The molecule has 1 fully saturated rings. The standard InChI is InChI=1S/C16H20N2O2/c1-17-10-12(14-4-2-3-5-15(14)17)6-7-16(20)18-9-8-13(19)11-18/h2-5,10,13,19H,6-9,11H2,1H3/t13-/m1/s1. The van der Waals surface area contributed by atoms with Crippen molar-refractivity contribution >= 4 is 16.8 Å². The number of para-hydroxylation sites is 1. The summed E-state index contributed by atoms with van der Waals surface area (Å²) in [5, 5.41) is 10.7. The van der Waals surface area contributed by atoms with Crippen LogP contribution in [0.1, 0.15) is 18.4 Å². The van der Waals surface area contributed by atoms with Gasteiger partial charge >= 0.3 is 0 Å². The normalized spacial score (nSPS) is 18.9. The fourth-order valence-electron chi connectivity index (χ4n) is 2.99. The molecule has 106 valence electrons. The molecule has 1 N–H and O–H groups in total. The quantitative estimate of drug-likeness (QED) is 0.924. The Bertz CT molecular complexity index is 632. The number of amides is 1. The summed E-state index contributed by atoms with van der Waals surface area (Å²) in [7, 11) is 2.03. The second kappa shape index (κ2) is 5.29. The first kappa shape index (κ1) is 13.2. The number of rotatable bonds is 3. The molecule has 4 nitrogen and oxygen atoms in total. The van der Waals surface area contributed by atoms with Gasteiger partial charge in [-0.2, -0.15) is 0 Å². The van der Waals surface area contributed by atoms with Crippen LogP contribution in [0.15, 0.2) is 30.5 Å². The van der Waals surface area contributed by atoms with E-state index in [9.17, 15) is 9.90 Å². The second-order valence-corrected chi connectivity index (χ2v) is 5.56. The van der Waals surface area contributed by atoms with Gasteiger partial charge in [-0.05, 0) is 24.5 Å². The first-order valence-corrected chi connectivity index (χ1v) is 7.14. The molecule has 0 aliphatic carbocycles. The first-order valence-electron chi connectivity index (χ1n) is 7.14. The number of aryl methyl sites for hydroxylation is 2. The average Bonchev–Trinajstić information content (AvgIpc) is 3.01. The van der Waals surface area contributed by atoms with E-state index in [-0.39, 0.29) is 12.0 Å². The lowest BCUT2D eigenvalue weighted by molar-refractivity contribution is -0.130. The highest BCUT2D eigenvalue weighted by Gasteiger charge is 2.24. The number of benzene rings is 1. The van der Waals surface area contributed by atoms with E-state index in [0.717, 1.165) is 6.42 Å². The van der Waals surface area contributed by atoms with E-state index in [1.807, 2.05) is 19.2 Å². The topological polar surface area (TPSA) is 45.5 Å². The largest absolute Gasteiger partial charge is 0.391 e. The molecule has 1 amide bonds. The summed E-state index contributed by atoms with van der Waals surface area (Å²) in [6, 6.07) is 8.26. The number of aliphatic hydroxyl groups is 1. The van der Waals surface area contributed by atoms with E-state index in [1.165, 1.54) is 16.5 Å². The molecule has 0 saturated carbocycles. The summed E-state index contributed by atoms with van der Waals surface area (Å²) in [5.74, 6) is 0.148. The van der Waals surface area contributed by atoms with Gasteiger partial charge in [0.2, 0.25) is 5.91 Å². The minimum Gasteiger partial charge on any atom is -0.391 e. The van der Waals surface area contributed by atoms with Crippen LogP contribution in [0.5, 0.6) is 0 Å². The van der Waals surface area contributed by atoms with Gasteiger partial charge in [0.15, 0.2) is 0 Å². The molecular weight excluding hydrogens is 252 g/mol. The van der Waals surface area contributed by atoms with Gasteiger partial charge in [0.1, 0.15) is 0 Å². The minimum absolute atomic E-state index is 0.148. The fourth-order valence-corrected chi connectivity index (χ4v) is 2.99. The van der Waals surface area contributed by atoms with Crippen LogP contribution in [0.3, 0.4) is 0 Å². The Morgan fingerprint density at radius 3 is 2.95 bits per heavy atom. The van der Waals surface area contributed by atoms with Crippen molar-refractivity contribution in [3.8, 4) is 0 Å². The second-order valence-electron chi connectivity index (χ2n) is 5.56. The maximum Gasteiger partial charge on any atom is 0.222 e. The maximum atomic E-state index is 12.1. The molecule has 1 aromatic heterocycles. The SMILES string of the molecule is Cn1cc(CCC(=O)N2CC[C@@H](O)C2)c2ccccc21. The molecular formula is C16H20N2O2. The van der Waals surface area contributed by atoms with Crippen molar-refractivity contribution in [3.05, 3.63) is 36.0 Å². The van der Waals surface area contributed by atoms with Crippen molar-refractivity contribution < 1.29 is 9.90 Å². The van der Waals surface area contributed by atoms with Crippen LogP contribution in [0.4, 0.5) is 0 Å². The van der Waals surface area contributed by atoms with Crippen molar-refractivity contribution in [2.75, 3.05) is 13.1 Å². The Labute approximate surface area is 118 Å². The van der Waals surface area contributed by atoms with Gasteiger partial charge in [0.25, 0.3) is 0 Å². The molecule has 0 radical (unpaired) electrons. The average molecular weight is 272 g/mol. The summed E-state index contributed by atoms with van der Waals surface area (Å²) < 4.78 is 2.11. The summed E-state index contributed by atoms with van der Waals surface area (Å²) in [5.41, 5.74) is 2.42. The zero-order valence-corrected chi connectivity index (χ0v) is 11.7. The number of aromatic nitrogens is 1. The van der Waals surface area contributed by atoms with Gasteiger partial charge in [0, 0.05) is 43.7 Å². The van der Waals surface area contributed by atoms with E-state index < -0.39 is 0 Å². The maximum absolute atomic E-state index is 12.1. The Kier molecular flexibility index (Phi) is 3.49. The van der Waals surface area contributed by atoms with Crippen LogP contribution in [-0.4, -0.2) is 39.7 Å². The number of carbonyl (C=O) groups is 1. The molecule has 20 heavy (non-hydrogen) atoms. The molecule has 3 rings (SSSR count). The summed E-state index contributed by atoms with van der Waals surface area (Å²) in [4.78, 5) is 13.9. The molecule has 0 unspecified atom stereocenters. The Morgan fingerprint density at radius 1 is 1.40 bits per heavy atom. The van der Waals surface area contributed by atoms with E-state index in [2.05, 4.69) is 22.9 Å². The molecule has 2 heterocycles. The minimum atomic E-state index is -0.337. The van der Waals surface area contributed by atoms with Crippen molar-refractivity contribution in [2.24, 2.45) is 7.05 Å². The highest BCUT2D eigenvalue weighted by atomic mass is 16.3. The smallest absolute Gasteiger partial charge is 0.222 e. The number of nitrogens with zero attached hydrogens (tertiary/aromatic N) is 2. The van der Waals surface area contributed by atoms with Gasteiger partial charge in [-0.1, -0.05) is 18.2 Å². The van der Waals surface area contributed by atoms with E-state index in [0.29, 0.717) is 25.9 Å². The lowest BCUT2D eigenvalue weighted by Crippen LogP contribution is -2.29. The summed E-state index contributed by atoms with van der Waals surface area (Å²) >= 11 is 0. The molecule has 1 aliphatic rings. The number of hydrogen-bond acceptors (Lipinski definition) is 2. The Balaban J connectivity index is 1.69. The molecule has 1 aliphatic heterocycles. The van der Waals surface area contributed by atoms with Crippen LogP contribution >= 0.6 is 0 Å². The number of hydrogen-bond donors (Lipinski definition) is 1. The molecule has 1 atom stereocenters. The van der Waals surface area contributed by atoms with E-state index >= 15 is 0 Å². The molecule has 4 heteroatoms. The van der Waals surface area contributed by atoms with Crippen LogP contribution in [0, 0.1) is 0 Å². The molecule has 0 spiro atoms. The van der Waals surface area contributed by atoms with Crippen molar-refractivity contribution in [1.82, 2.24) is 9.47 Å². The van der Waals surface area contributed by atoms with Crippen molar-refractivity contribution in [1.29, 1.82) is 0 Å². The molecule has 1 aromatic carbocycles. The molecule has 1 saturated heterocycles. The highest BCUT2D eigenvalue weighted by Crippen LogP contribution is 2.22. The predicted octanol–water partition coefficient (Wildman–Crippen LogP) is 1.70. The van der Waals surface area contributed by atoms with Crippen molar-refractivity contribution in [2.45, 2.75) is 25.4 Å². The van der Waals surface area contributed by atoms with Gasteiger partial charge < -0.3 is 14.6 Å². The number of fused-ring (bicyclic) bond motifs is 1. The lowest BCUT2D eigenvalue weighted by Gasteiger charge is -2.15. The Morgan fingerprint density at radius 2 is 2.20 bits per heavy atom. The zero-order chi connectivity index (χ0) is 14.1. The van der Waals surface area contributed by atoms with Gasteiger partial charge in [-0.15, -0.1) is 0 Å². The van der Waals surface area contributed by atoms with Gasteiger partial charge in [-0.3, -0.25) is 4.79 Å². The van der Waals surface area contributed by atoms with Crippen LogP contribution in [0.2, 0.25) is 0 Å². The predicted molar refractivity (Wildman–Crippen MR) is 78.4 cm³/mol. The number of aliphatic hydroxyl groups excluding tert-OH is 1. The Hall–Kier alpha value is -1.81. The summed E-state index contributed by atoms with van der Waals surface area (Å²) in [6.45, 7) is 1.18. The van der Waals surface area contributed by atoms with Crippen molar-refractivity contribution in [3.63, 3.8) is 0 Å². The lowest BCUT2D eigenvalue weighted by atomic mass is 10.1. The van der Waals surface area contributed by atoms with E-state index in [1.54, 1.807) is 4.90 Å². The highest BCUT2D eigenvalue weighted by molar-refractivity contribution is 5.85. The third-order valence-corrected chi connectivity index (χ3v) is 4.10. The monoisotopic (exact) mass is 272 g/mol. The van der Waals surface area contributed by atoms with Gasteiger partial charge in [0.05, 0.1) is 6.10 Å². The third kappa shape index (κ3) is 2.43. The van der Waals surface area contributed by atoms with E-state index in [4.69, 9.17) is 0 Å². The number of carbonyl (C=O) groups excluding carboxylic acids is 1. The number of likely N-dealkylation sites (tertiary alicyclic amines) is 1. The number of β-amino-alcohol motifs (C(OH)–C–C–N with tert-alkyl or cyclic N) is 1. The van der Waals surface area contributed by atoms with Crippen LogP contribution in [-0.2, 0) is 18.3 Å². The van der Waals surface area contributed by atoms with Crippen LogP contribution in [0.25, 0.3) is 10.9 Å².